The summed E-state index contributed by atoms with van der Waals surface area (Å²) in [4.78, 5) is 28.1. The van der Waals surface area contributed by atoms with Crippen molar-refractivity contribution in [3.63, 3.8) is 0 Å². The Labute approximate surface area is 170 Å². The predicted molar refractivity (Wildman–Crippen MR) is 117 cm³/mol. The number of hydrogen-bond acceptors (Lipinski definition) is 4. The van der Waals surface area contributed by atoms with Crippen LogP contribution in [0, 0.1) is 6.92 Å². The minimum absolute atomic E-state index is 0.140. The fourth-order valence-electron chi connectivity index (χ4n) is 3.01. The van der Waals surface area contributed by atoms with Gasteiger partial charge in [0.25, 0.3) is 5.91 Å². The molecule has 0 unspecified atom stereocenters. The van der Waals surface area contributed by atoms with Gasteiger partial charge in [0.15, 0.2) is 0 Å². The van der Waals surface area contributed by atoms with Crippen LogP contribution in [0.15, 0.2) is 60.8 Å². The number of nitrogens with zero attached hydrogens (tertiary/aromatic N) is 1. The number of para-hydroxylation sites is 1. The number of pyridine rings is 1. The van der Waals surface area contributed by atoms with Gasteiger partial charge in [0, 0.05) is 35.7 Å². The van der Waals surface area contributed by atoms with Gasteiger partial charge in [-0.3, -0.25) is 9.59 Å². The molecule has 0 spiro atoms. The Morgan fingerprint density at radius 2 is 1.66 bits per heavy atom. The summed E-state index contributed by atoms with van der Waals surface area (Å²) in [5.41, 5.74) is 5.16. The van der Waals surface area contributed by atoms with E-state index in [4.69, 9.17) is 0 Å². The van der Waals surface area contributed by atoms with E-state index in [9.17, 15) is 9.59 Å². The minimum Gasteiger partial charge on any atom is -0.340 e. The van der Waals surface area contributed by atoms with Crippen molar-refractivity contribution in [2.24, 2.45) is 0 Å². The number of anilines is 4. The smallest absolute Gasteiger partial charge is 0.255 e. The zero-order valence-electron chi connectivity index (χ0n) is 16.7. The number of carbonyl (C=O) groups excluding carboxylic acids is 2. The van der Waals surface area contributed by atoms with E-state index in [2.05, 4.69) is 33.9 Å². The lowest BCUT2D eigenvalue weighted by Crippen LogP contribution is -2.13. The second kappa shape index (κ2) is 9.01. The topological polar surface area (TPSA) is 83.1 Å². The van der Waals surface area contributed by atoms with Crippen LogP contribution in [0.4, 0.5) is 22.9 Å². The second-order valence-corrected chi connectivity index (χ2v) is 6.73. The molecule has 0 fully saturated rings. The minimum atomic E-state index is -0.233. The Kier molecular flexibility index (Phi) is 6.24. The van der Waals surface area contributed by atoms with Crippen LogP contribution in [-0.4, -0.2) is 16.8 Å². The largest absolute Gasteiger partial charge is 0.340 e. The number of rotatable bonds is 6. The molecule has 0 aliphatic rings. The molecule has 2 aromatic carbocycles. The highest BCUT2D eigenvalue weighted by Gasteiger charge is 2.10. The van der Waals surface area contributed by atoms with Crippen LogP contribution >= 0.6 is 0 Å². The van der Waals surface area contributed by atoms with E-state index in [1.807, 2.05) is 19.1 Å². The Morgan fingerprint density at radius 3 is 2.31 bits per heavy atom. The zero-order chi connectivity index (χ0) is 20.8. The molecule has 1 aromatic heterocycles. The lowest BCUT2D eigenvalue weighted by Gasteiger charge is -2.14. The molecular weight excluding hydrogens is 364 g/mol. The summed E-state index contributed by atoms with van der Waals surface area (Å²) >= 11 is 0. The number of amides is 2. The molecule has 0 radical (unpaired) electrons. The SMILES string of the molecule is CCc1cccc(C)c1Nc1cc(C(=O)Nc2ccc(NC(C)=O)cc2)ccn1. The standard InChI is InChI=1S/C23H24N4O2/c1-4-17-7-5-6-15(2)22(17)27-21-14-18(12-13-24-21)23(29)26-20-10-8-19(9-11-20)25-16(3)28/h5-14H,4H2,1-3H3,(H,24,27)(H,25,28)(H,26,29). The van der Waals surface area contributed by atoms with Crippen molar-refractivity contribution in [3.8, 4) is 0 Å². The molecule has 0 saturated heterocycles. The molecule has 148 valence electrons. The van der Waals surface area contributed by atoms with Gasteiger partial charge in [-0.05, 0) is 60.9 Å². The molecule has 0 atom stereocenters. The van der Waals surface area contributed by atoms with E-state index in [0.717, 1.165) is 17.7 Å². The summed E-state index contributed by atoms with van der Waals surface area (Å²) in [6, 6.07) is 16.5. The van der Waals surface area contributed by atoms with Crippen molar-refractivity contribution in [1.29, 1.82) is 0 Å². The first-order valence-electron chi connectivity index (χ1n) is 9.47. The van der Waals surface area contributed by atoms with Crippen LogP contribution in [0.2, 0.25) is 0 Å². The zero-order valence-corrected chi connectivity index (χ0v) is 16.7. The first-order valence-corrected chi connectivity index (χ1v) is 9.47. The lowest BCUT2D eigenvalue weighted by atomic mass is 10.1. The predicted octanol–water partition coefficient (Wildman–Crippen LogP) is 4.91. The van der Waals surface area contributed by atoms with E-state index >= 15 is 0 Å². The maximum atomic E-state index is 12.6. The quantitative estimate of drug-likeness (QED) is 0.560. The Hall–Kier alpha value is -3.67. The van der Waals surface area contributed by atoms with Crippen LogP contribution in [0.1, 0.15) is 35.3 Å². The van der Waals surface area contributed by atoms with Gasteiger partial charge in [0.1, 0.15) is 5.82 Å². The molecule has 6 heteroatoms. The van der Waals surface area contributed by atoms with Crippen LogP contribution in [0.5, 0.6) is 0 Å². The van der Waals surface area contributed by atoms with E-state index < -0.39 is 0 Å². The fraction of sp³-hybridized carbons (Fsp3) is 0.174. The van der Waals surface area contributed by atoms with Gasteiger partial charge in [-0.15, -0.1) is 0 Å². The van der Waals surface area contributed by atoms with Crippen LogP contribution in [0.3, 0.4) is 0 Å². The van der Waals surface area contributed by atoms with E-state index in [1.54, 1.807) is 42.6 Å². The second-order valence-electron chi connectivity index (χ2n) is 6.73. The Morgan fingerprint density at radius 1 is 0.966 bits per heavy atom. The molecule has 0 aliphatic carbocycles. The van der Waals surface area contributed by atoms with Crippen LogP contribution in [0.25, 0.3) is 0 Å². The van der Waals surface area contributed by atoms with Gasteiger partial charge in [0.05, 0.1) is 0 Å². The fourth-order valence-corrected chi connectivity index (χ4v) is 3.01. The maximum absolute atomic E-state index is 12.6. The molecule has 6 nitrogen and oxygen atoms in total. The van der Waals surface area contributed by atoms with Crippen molar-refractivity contribution in [3.05, 3.63) is 77.5 Å². The van der Waals surface area contributed by atoms with Gasteiger partial charge in [0.2, 0.25) is 5.91 Å². The molecule has 29 heavy (non-hydrogen) atoms. The summed E-state index contributed by atoms with van der Waals surface area (Å²) < 4.78 is 0. The summed E-state index contributed by atoms with van der Waals surface area (Å²) in [7, 11) is 0. The van der Waals surface area contributed by atoms with Gasteiger partial charge in [-0.25, -0.2) is 4.98 Å². The van der Waals surface area contributed by atoms with E-state index in [-0.39, 0.29) is 11.8 Å². The average molecular weight is 388 g/mol. The summed E-state index contributed by atoms with van der Waals surface area (Å²) in [6.07, 6.45) is 2.51. The normalized spacial score (nSPS) is 10.3. The average Bonchev–Trinajstić information content (AvgIpc) is 2.71. The van der Waals surface area contributed by atoms with Crippen molar-refractivity contribution < 1.29 is 9.59 Å². The number of aryl methyl sites for hydroxylation is 2. The molecule has 0 aliphatic heterocycles. The molecule has 1 heterocycles. The molecule has 0 saturated carbocycles. The third-order valence-corrected chi connectivity index (χ3v) is 4.48. The Bertz CT molecular complexity index is 1030. The number of hydrogen-bond donors (Lipinski definition) is 3. The third-order valence-electron chi connectivity index (χ3n) is 4.48. The molecule has 3 rings (SSSR count). The molecule has 2 amide bonds. The molecule has 0 bridgehead atoms. The first kappa shape index (κ1) is 20.1. The first-order chi connectivity index (χ1) is 14.0. The van der Waals surface area contributed by atoms with Gasteiger partial charge < -0.3 is 16.0 Å². The number of carbonyl (C=O) groups is 2. The number of nitrogens with one attached hydrogen (secondary N) is 3. The Balaban J connectivity index is 1.74. The lowest BCUT2D eigenvalue weighted by molar-refractivity contribution is -0.114. The van der Waals surface area contributed by atoms with Crippen molar-refractivity contribution in [1.82, 2.24) is 4.98 Å². The van der Waals surface area contributed by atoms with Gasteiger partial charge in [-0.2, -0.15) is 0 Å². The van der Waals surface area contributed by atoms with Crippen LogP contribution < -0.4 is 16.0 Å². The van der Waals surface area contributed by atoms with Crippen molar-refractivity contribution in [2.45, 2.75) is 27.2 Å². The highest BCUT2D eigenvalue weighted by molar-refractivity contribution is 6.04. The van der Waals surface area contributed by atoms with Crippen molar-refractivity contribution in [2.75, 3.05) is 16.0 Å². The molecular formula is C23H24N4O2. The highest BCUT2D eigenvalue weighted by atomic mass is 16.2. The summed E-state index contributed by atoms with van der Waals surface area (Å²) in [6.45, 7) is 5.60. The molecule has 3 aromatic rings. The monoisotopic (exact) mass is 388 g/mol. The van der Waals surface area contributed by atoms with Gasteiger partial charge >= 0.3 is 0 Å². The van der Waals surface area contributed by atoms with Crippen molar-refractivity contribution >= 4 is 34.7 Å². The summed E-state index contributed by atoms with van der Waals surface area (Å²) in [5, 5.41) is 8.90. The van der Waals surface area contributed by atoms with E-state index in [0.29, 0.717) is 22.8 Å². The molecule has 3 N–H and O–H groups in total. The van der Waals surface area contributed by atoms with Crippen LogP contribution in [-0.2, 0) is 11.2 Å². The summed E-state index contributed by atoms with van der Waals surface area (Å²) in [5.74, 6) is 0.240. The van der Waals surface area contributed by atoms with Gasteiger partial charge in [-0.1, -0.05) is 25.1 Å². The third kappa shape index (κ3) is 5.19. The van der Waals surface area contributed by atoms with E-state index in [1.165, 1.54) is 12.5 Å². The highest BCUT2D eigenvalue weighted by Crippen LogP contribution is 2.25. The maximum Gasteiger partial charge on any atom is 0.255 e. The number of benzene rings is 2. The number of aromatic nitrogens is 1.